The molecule has 0 bridgehead atoms. The average Bonchev–Trinajstić information content (AvgIpc) is 2.30. The van der Waals surface area contributed by atoms with Crippen LogP contribution >= 0.6 is 0 Å². The number of hydrazine groups is 1. The van der Waals surface area contributed by atoms with E-state index in [-0.39, 0.29) is 0 Å². The molecule has 0 amide bonds. The van der Waals surface area contributed by atoms with Crippen LogP contribution in [0.25, 0.3) is 0 Å². The van der Waals surface area contributed by atoms with Crippen LogP contribution in [0.1, 0.15) is 11.1 Å². The molecule has 5 heteroatoms. The first-order valence-corrected chi connectivity index (χ1v) is 5.34. The van der Waals surface area contributed by atoms with Crippen molar-refractivity contribution in [3.05, 3.63) is 23.3 Å². The minimum absolute atomic E-state index is 0.577. The number of aryl methyl sites for hydroxylation is 1. The number of hydrogen-bond acceptors (Lipinski definition) is 5. The molecule has 2 rings (SSSR count). The van der Waals surface area contributed by atoms with Gasteiger partial charge in [-0.2, -0.15) is 0 Å². The lowest BCUT2D eigenvalue weighted by molar-refractivity contribution is 0.171. The Bertz CT molecular complexity index is 368. The van der Waals surface area contributed by atoms with Gasteiger partial charge in [0.1, 0.15) is 13.2 Å². The zero-order valence-corrected chi connectivity index (χ0v) is 9.38. The van der Waals surface area contributed by atoms with Gasteiger partial charge in [-0.25, -0.2) is 5.43 Å². The van der Waals surface area contributed by atoms with E-state index < -0.39 is 0 Å². The van der Waals surface area contributed by atoms with Crippen molar-refractivity contribution in [2.24, 2.45) is 5.84 Å². The minimum atomic E-state index is 0.577. The third-order valence-electron chi connectivity index (χ3n) is 2.54. The van der Waals surface area contributed by atoms with E-state index in [0.29, 0.717) is 19.9 Å². The molecular weight excluding hydrogens is 206 g/mol. The van der Waals surface area contributed by atoms with Gasteiger partial charge >= 0.3 is 0 Å². The highest BCUT2D eigenvalue weighted by Gasteiger charge is 2.13. The fraction of sp³-hybridized carbons (Fsp3) is 0.455. The van der Waals surface area contributed by atoms with Gasteiger partial charge in [0.05, 0.1) is 6.67 Å². The van der Waals surface area contributed by atoms with Crippen LogP contribution in [-0.4, -0.2) is 19.9 Å². The molecule has 0 atom stereocenters. The van der Waals surface area contributed by atoms with Crippen LogP contribution in [0.4, 0.5) is 0 Å². The summed E-state index contributed by atoms with van der Waals surface area (Å²) in [5, 5.41) is 3.17. The Morgan fingerprint density at radius 1 is 1.25 bits per heavy atom. The van der Waals surface area contributed by atoms with Crippen LogP contribution < -0.4 is 26.1 Å². The number of nitrogens with two attached hydrogens (primary N) is 1. The van der Waals surface area contributed by atoms with Gasteiger partial charge in [-0.05, 0) is 30.2 Å². The van der Waals surface area contributed by atoms with Crippen molar-refractivity contribution >= 4 is 0 Å². The number of ether oxygens (including phenoxy) is 2. The fourth-order valence-corrected chi connectivity index (χ4v) is 1.69. The van der Waals surface area contributed by atoms with E-state index in [0.717, 1.165) is 18.0 Å². The second-order valence-electron chi connectivity index (χ2n) is 3.73. The molecule has 0 spiro atoms. The summed E-state index contributed by atoms with van der Waals surface area (Å²) in [7, 11) is 0. The molecule has 0 radical (unpaired) electrons. The minimum Gasteiger partial charge on any atom is -0.486 e. The zero-order chi connectivity index (χ0) is 11.4. The van der Waals surface area contributed by atoms with Gasteiger partial charge in [-0.3, -0.25) is 11.2 Å². The molecule has 0 fully saturated rings. The maximum atomic E-state index is 5.53. The van der Waals surface area contributed by atoms with Gasteiger partial charge in [0, 0.05) is 6.54 Å². The van der Waals surface area contributed by atoms with Crippen molar-refractivity contribution in [1.82, 2.24) is 10.7 Å². The summed E-state index contributed by atoms with van der Waals surface area (Å²) in [6.45, 7) is 4.64. The summed E-state index contributed by atoms with van der Waals surface area (Å²) >= 11 is 0. The highest BCUT2D eigenvalue weighted by atomic mass is 16.6. The van der Waals surface area contributed by atoms with E-state index in [1.54, 1.807) is 0 Å². The molecule has 5 nitrogen and oxygen atoms in total. The molecule has 1 aromatic carbocycles. The number of fused-ring (bicyclic) bond motifs is 1. The number of rotatable bonds is 4. The summed E-state index contributed by atoms with van der Waals surface area (Å²) in [5.74, 6) is 6.85. The predicted molar refractivity (Wildman–Crippen MR) is 61.2 cm³/mol. The van der Waals surface area contributed by atoms with Gasteiger partial charge in [0.25, 0.3) is 0 Å². The quantitative estimate of drug-likeness (QED) is 0.296. The molecule has 1 heterocycles. The second kappa shape index (κ2) is 5.16. The lowest BCUT2D eigenvalue weighted by atomic mass is 10.1. The van der Waals surface area contributed by atoms with Crippen LogP contribution in [0.5, 0.6) is 11.5 Å². The zero-order valence-electron chi connectivity index (χ0n) is 9.38. The molecule has 0 unspecified atom stereocenters. The standard InChI is InChI=1S/C11H17N3O2/c1-8-4-10-11(16-3-2-15-10)5-9(8)6-13-7-14-12/h4-5,13-14H,2-3,6-7,12H2,1H3. The van der Waals surface area contributed by atoms with Crippen molar-refractivity contribution in [2.45, 2.75) is 13.5 Å². The Hall–Kier alpha value is -1.30. The van der Waals surface area contributed by atoms with E-state index in [2.05, 4.69) is 17.7 Å². The lowest BCUT2D eigenvalue weighted by Gasteiger charge is -2.20. The molecule has 0 aromatic heterocycles. The van der Waals surface area contributed by atoms with Crippen molar-refractivity contribution in [3.63, 3.8) is 0 Å². The number of nitrogens with one attached hydrogen (secondary N) is 2. The molecule has 0 saturated heterocycles. The van der Waals surface area contributed by atoms with Crippen molar-refractivity contribution < 1.29 is 9.47 Å². The van der Waals surface area contributed by atoms with Crippen molar-refractivity contribution in [2.75, 3.05) is 19.9 Å². The van der Waals surface area contributed by atoms with Crippen LogP contribution in [0, 0.1) is 6.92 Å². The summed E-state index contributed by atoms with van der Waals surface area (Å²) < 4.78 is 11.0. The lowest BCUT2D eigenvalue weighted by Crippen LogP contribution is -2.33. The first-order valence-electron chi connectivity index (χ1n) is 5.34. The van der Waals surface area contributed by atoms with Gasteiger partial charge in [0.15, 0.2) is 11.5 Å². The molecule has 1 aliphatic heterocycles. The van der Waals surface area contributed by atoms with Crippen LogP contribution in [0.3, 0.4) is 0 Å². The predicted octanol–water partition coefficient (Wildman–Crippen LogP) is 0.277. The monoisotopic (exact) mass is 223 g/mol. The smallest absolute Gasteiger partial charge is 0.161 e. The maximum absolute atomic E-state index is 5.53. The number of benzene rings is 1. The van der Waals surface area contributed by atoms with E-state index >= 15 is 0 Å². The summed E-state index contributed by atoms with van der Waals surface area (Å²) in [4.78, 5) is 0. The Morgan fingerprint density at radius 3 is 2.62 bits per heavy atom. The van der Waals surface area contributed by atoms with E-state index in [1.165, 1.54) is 11.1 Å². The molecule has 88 valence electrons. The Balaban J connectivity index is 2.12. The van der Waals surface area contributed by atoms with Crippen LogP contribution in [-0.2, 0) is 6.54 Å². The summed E-state index contributed by atoms with van der Waals surface area (Å²) in [6, 6.07) is 4.04. The fourth-order valence-electron chi connectivity index (χ4n) is 1.69. The van der Waals surface area contributed by atoms with E-state index in [1.807, 2.05) is 12.1 Å². The highest BCUT2D eigenvalue weighted by molar-refractivity contribution is 5.47. The molecule has 4 N–H and O–H groups in total. The summed E-state index contributed by atoms with van der Waals surface area (Å²) in [6.07, 6.45) is 0. The van der Waals surface area contributed by atoms with E-state index in [9.17, 15) is 0 Å². The first-order chi connectivity index (χ1) is 7.81. The molecular formula is C11H17N3O2. The van der Waals surface area contributed by atoms with Gasteiger partial charge in [0.2, 0.25) is 0 Å². The van der Waals surface area contributed by atoms with Crippen molar-refractivity contribution in [3.8, 4) is 11.5 Å². The third kappa shape index (κ3) is 2.44. The van der Waals surface area contributed by atoms with Crippen LogP contribution in [0.15, 0.2) is 12.1 Å². The first kappa shape index (κ1) is 11.2. The van der Waals surface area contributed by atoms with Crippen molar-refractivity contribution in [1.29, 1.82) is 0 Å². The SMILES string of the molecule is Cc1cc2c(cc1CNCNN)OCCO2. The highest BCUT2D eigenvalue weighted by Crippen LogP contribution is 2.32. The number of hydrogen-bond donors (Lipinski definition) is 3. The molecule has 1 aromatic rings. The van der Waals surface area contributed by atoms with Crippen LogP contribution in [0.2, 0.25) is 0 Å². The van der Waals surface area contributed by atoms with Gasteiger partial charge in [-0.1, -0.05) is 0 Å². The Kier molecular flexibility index (Phi) is 3.61. The Labute approximate surface area is 94.9 Å². The maximum Gasteiger partial charge on any atom is 0.161 e. The normalized spacial score (nSPS) is 13.9. The molecule has 1 aliphatic rings. The molecule has 0 aliphatic carbocycles. The molecule has 0 saturated carbocycles. The third-order valence-corrected chi connectivity index (χ3v) is 2.54. The summed E-state index contributed by atoms with van der Waals surface area (Å²) in [5.41, 5.74) is 4.94. The van der Waals surface area contributed by atoms with Gasteiger partial charge < -0.3 is 9.47 Å². The average molecular weight is 223 g/mol. The topological polar surface area (TPSA) is 68.5 Å². The largest absolute Gasteiger partial charge is 0.486 e. The second-order valence-corrected chi connectivity index (χ2v) is 3.73. The van der Waals surface area contributed by atoms with Gasteiger partial charge in [-0.15, -0.1) is 0 Å². The molecule has 16 heavy (non-hydrogen) atoms. The van der Waals surface area contributed by atoms with E-state index in [4.69, 9.17) is 15.3 Å². The Morgan fingerprint density at radius 2 is 1.94 bits per heavy atom.